The molecule has 1 atom stereocenters. The number of hydrogen-bond donors (Lipinski definition) is 0. The topological polar surface area (TPSA) is 0 Å². The van der Waals surface area contributed by atoms with Crippen LogP contribution in [0.3, 0.4) is 0 Å². The van der Waals surface area contributed by atoms with Crippen LogP contribution in [-0.2, 0) is 22.9 Å². The molecule has 0 fully saturated rings. The minimum absolute atomic E-state index is 0. The van der Waals surface area contributed by atoms with Crippen LogP contribution in [-0.4, -0.2) is 9.52 Å². The molecular weight excluding hydrogens is 446 g/mol. The molecule has 2 aliphatic carbocycles. The van der Waals surface area contributed by atoms with Gasteiger partial charge in [-0.25, -0.2) is 0 Å². The molecule has 18 heavy (non-hydrogen) atoms. The molecule has 0 saturated heterocycles. The molecule has 0 nitrogen and oxygen atoms in total. The molecule has 2 rings (SSSR count). The van der Waals surface area contributed by atoms with Gasteiger partial charge >= 0.3 is 113 Å². The van der Waals surface area contributed by atoms with Crippen molar-refractivity contribution in [3.8, 4) is 0 Å². The molecule has 0 heterocycles. The van der Waals surface area contributed by atoms with E-state index in [0.717, 1.165) is 5.54 Å². The van der Waals surface area contributed by atoms with Crippen LogP contribution in [0.5, 0.6) is 0 Å². The Hall–Kier alpha value is 0.367. The van der Waals surface area contributed by atoms with Crippen LogP contribution < -0.4 is 0 Å². The third-order valence-corrected chi connectivity index (χ3v) is 12.3. The van der Waals surface area contributed by atoms with Crippen molar-refractivity contribution < 1.29 is 22.9 Å². The molecule has 0 aliphatic heterocycles. The van der Waals surface area contributed by atoms with E-state index in [1.54, 1.807) is 8.53 Å². The van der Waals surface area contributed by atoms with Crippen LogP contribution in [0, 0.1) is 0 Å². The monoisotopic (exact) mass is 466 g/mol. The first-order valence-corrected chi connectivity index (χ1v) is 11.0. The van der Waals surface area contributed by atoms with Gasteiger partial charge in [-0.3, -0.25) is 0 Å². The summed E-state index contributed by atoms with van der Waals surface area (Å²) in [5.41, 5.74) is 0.862. The summed E-state index contributed by atoms with van der Waals surface area (Å²) in [6.07, 6.45) is 17.6. The molecule has 0 spiro atoms. The summed E-state index contributed by atoms with van der Waals surface area (Å²) in [6.45, 7) is 4.48. The van der Waals surface area contributed by atoms with Gasteiger partial charge in [-0.05, 0) is 0 Å². The Morgan fingerprint density at radius 3 is 2.72 bits per heavy atom. The van der Waals surface area contributed by atoms with Gasteiger partial charge in [-0.2, -0.15) is 0 Å². The zero-order valence-electron chi connectivity index (χ0n) is 10.8. The van der Waals surface area contributed by atoms with Gasteiger partial charge in [0.2, 0.25) is 0 Å². The Balaban J connectivity index is 0.00000144. The largest absolute Gasteiger partial charge is 0.147 e. The molecule has 0 aromatic carbocycles. The van der Waals surface area contributed by atoms with Gasteiger partial charge in [-0.1, -0.05) is 0 Å². The second-order valence-corrected chi connectivity index (χ2v) is 12.1. The Kier molecular flexibility index (Phi) is 9.49. The third kappa shape index (κ3) is 5.16. The van der Waals surface area contributed by atoms with Crippen molar-refractivity contribution in [3.05, 3.63) is 54.4 Å². The maximum Gasteiger partial charge on any atom is -0.147 e. The van der Waals surface area contributed by atoms with E-state index in [-0.39, 0.29) is 34.3 Å². The molecule has 0 aromatic heterocycles. The van der Waals surface area contributed by atoms with Crippen LogP contribution in [0.25, 0.3) is 0 Å². The predicted octanol–water partition coefficient (Wildman–Crippen LogP) is 4.09. The van der Waals surface area contributed by atoms with E-state index in [0.29, 0.717) is 0 Å². The van der Waals surface area contributed by atoms with E-state index in [1.807, 2.05) is 3.33 Å². The fourth-order valence-corrected chi connectivity index (χ4v) is 9.96. The summed E-state index contributed by atoms with van der Waals surface area (Å²) < 4.78 is 3.61. The van der Waals surface area contributed by atoms with Crippen molar-refractivity contribution in [1.82, 2.24) is 0 Å². The van der Waals surface area contributed by atoms with Crippen molar-refractivity contribution >= 4 is 34.3 Å². The number of halogens is 2. The standard InChI is InChI=1S/C9H13Si.C5H5.2ClH.Hf/c1-3-8(2)10-9-6-4-5-7-9;1-2-4-5-3-1;;;/h3-6,9H,10H2,1-2H3;1-3H,4H2;2*1H;. The average molecular weight is 466 g/mol. The van der Waals surface area contributed by atoms with Crippen LogP contribution in [0.2, 0.25) is 5.54 Å². The van der Waals surface area contributed by atoms with Crippen LogP contribution in [0.4, 0.5) is 0 Å². The Bertz CT molecular complexity index is 420. The van der Waals surface area contributed by atoms with Crippen molar-refractivity contribution in [1.29, 1.82) is 0 Å². The van der Waals surface area contributed by atoms with Crippen LogP contribution in [0.1, 0.15) is 20.3 Å². The fraction of sp³-hybridized carbons (Fsp3) is 0.286. The van der Waals surface area contributed by atoms with E-state index >= 15 is 0 Å². The zero-order valence-corrected chi connectivity index (χ0v) is 17.5. The molecular formula is C14H20Cl2HfSi. The molecule has 4 heteroatoms. The van der Waals surface area contributed by atoms with E-state index in [1.165, 1.54) is 6.42 Å². The molecule has 0 saturated carbocycles. The summed E-state index contributed by atoms with van der Waals surface area (Å²) in [6, 6.07) is 0. The summed E-state index contributed by atoms with van der Waals surface area (Å²) in [4.78, 5) is 0. The number of allylic oxidation sites excluding steroid dienone is 10. The minimum atomic E-state index is -0.656. The van der Waals surface area contributed by atoms with E-state index in [9.17, 15) is 0 Å². The zero-order chi connectivity index (χ0) is 11.4. The molecule has 0 bridgehead atoms. The van der Waals surface area contributed by atoms with Gasteiger partial charge in [0.05, 0.1) is 0 Å². The first-order valence-electron chi connectivity index (χ1n) is 5.92. The van der Waals surface area contributed by atoms with Gasteiger partial charge in [0.1, 0.15) is 0 Å². The summed E-state index contributed by atoms with van der Waals surface area (Å²) in [5.74, 6) is 0. The van der Waals surface area contributed by atoms with Crippen LogP contribution >= 0.6 is 24.8 Å². The Labute approximate surface area is 136 Å². The van der Waals surface area contributed by atoms with Gasteiger partial charge < -0.3 is 0 Å². The Morgan fingerprint density at radius 2 is 2.11 bits per heavy atom. The maximum absolute atomic E-state index is 2.45. The molecule has 0 radical (unpaired) electrons. The SMILES string of the molecule is CC=C(C)[SiH2]C1C=CC=[C]1[Hf][C]1=CC=CC1.Cl.Cl. The Morgan fingerprint density at radius 1 is 1.33 bits per heavy atom. The molecule has 0 aromatic rings. The van der Waals surface area contributed by atoms with Gasteiger partial charge in [0.25, 0.3) is 0 Å². The van der Waals surface area contributed by atoms with Gasteiger partial charge in [0, 0.05) is 0 Å². The second-order valence-electron chi connectivity index (χ2n) is 4.40. The number of hydrogen-bond acceptors (Lipinski definition) is 0. The molecule has 98 valence electrons. The van der Waals surface area contributed by atoms with Gasteiger partial charge in [0.15, 0.2) is 0 Å². The maximum atomic E-state index is 2.45. The average Bonchev–Trinajstić information content (AvgIpc) is 2.92. The minimum Gasteiger partial charge on any atom is -0.147 e. The van der Waals surface area contributed by atoms with E-state index in [2.05, 4.69) is 56.4 Å². The first kappa shape index (κ1) is 18.4. The normalized spacial score (nSPS) is 21.7. The fourth-order valence-electron chi connectivity index (χ4n) is 2.02. The molecule has 0 amide bonds. The molecule has 1 unspecified atom stereocenters. The van der Waals surface area contributed by atoms with Crippen molar-refractivity contribution in [2.75, 3.05) is 0 Å². The summed E-state index contributed by atoms with van der Waals surface area (Å²) >= 11 is -0.656. The summed E-state index contributed by atoms with van der Waals surface area (Å²) in [7, 11) is -0.0662. The van der Waals surface area contributed by atoms with E-state index < -0.39 is 22.9 Å². The number of rotatable bonds is 4. The summed E-state index contributed by atoms with van der Waals surface area (Å²) in [5, 5.41) is 1.66. The molecule has 0 N–H and O–H groups in total. The third-order valence-electron chi connectivity index (χ3n) is 3.13. The van der Waals surface area contributed by atoms with Crippen molar-refractivity contribution in [2.24, 2.45) is 0 Å². The van der Waals surface area contributed by atoms with Crippen molar-refractivity contribution in [2.45, 2.75) is 25.8 Å². The van der Waals surface area contributed by atoms with Crippen LogP contribution in [0.15, 0.2) is 54.4 Å². The van der Waals surface area contributed by atoms with E-state index in [4.69, 9.17) is 0 Å². The quantitative estimate of drug-likeness (QED) is 0.549. The van der Waals surface area contributed by atoms with Crippen molar-refractivity contribution in [3.63, 3.8) is 0 Å². The first-order chi connectivity index (χ1) is 7.79. The smallest absolute Gasteiger partial charge is 0.147 e. The molecule has 2 aliphatic rings. The predicted molar refractivity (Wildman–Crippen MR) is 85.3 cm³/mol. The van der Waals surface area contributed by atoms with Gasteiger partial charge in [-0.15, -0.1) is 24.8 Å². The second kappa shape index (κ2) is 9.30.